The zero-order valence-corrected chi connectivity index (χ0v) is 12.3. The zero-order valence-electron chi connectivity index (χ0n) is 10.8. The van der Waals surface area contributed by atoms with Crippen LogP contribution in [0, 0.1) is 10.1 Å². The first-order valence-electron chi connectivity index (χ1n) is 5.83. The van der Waals surface area contributed by atoms with Gasteiger partial charge in [-0.2, -0.15) is 5.10 Å². The summed E-state index contributed by atoms with van der Waals surface area (Å²) in [7, 11) is 0. The predicted octanol–water partition coefficient (Wildman–Crippen LogP) is 3.30. The molecular formula is C12H10Cl2N4O3. The molecule has 1 N–H and O–H groups in total. The van der Waals surface area contributed by atoms with Crippen LogP contribution in [0.4, 0.5) is 11.4 Å². The number of anilines is 1. The van der Waals surface area contributed by atoms with Crippen molar-refractivity contribution in [2.45, 2.75) is 13.0 Å². The number of aromatic nitrogens is 2. The number of halogens is 2. The largest absolute Gasteiger partial charge is 0.323 e. The molecule has 1 aromatic carbocycles. The van der Waals surface area contributed by atoms with Gasteiger partial charge in [-0.3, -0.25) is 19.6 Å². The Labute approximate surface area is 129 Å². The van der Waals surface area contributed by atoms with Crippen LogP contribution in [0.3, 0.4) is 0 Å². The summed E-state index contributed by atoms with van der Waals surface area (Å²) in [5.41, 5.74) is 0.179. The lowest BCUT2D eigenvalue weighted by Crippen LogP contribution is -2.24. The fourth-order valence-electron chi connectivity index (χ4n) is 1.59. The van der Waals surface area contributed by atoms with Gasteiger partial charge in [-0.25, -0.2) is 0 Å². The van der Waals surface area contributed by atoms with E-state index in [-0.39, 0.29) is 10.7 Å². The first kappa shape index (κ1) is 15.3. The van der Waals surface area contributed by atoms with Crippen molar-refractivity contribution >= 4 is 40.5 Å². The molecule has 0 saturated heterocycles. The lowest BCUT2D eigenvalue weighted by Gasteiger charge is -2.13. The summed E-state index contributed by atoms with van der Waals surface area (Å²) < 4.78 is 1.20. The molecule has 9 heteroatoms. The maximum atomic E-state index is 12.1. The minimum Gasteiger partial charge on any atom is -0.323 e. The second kappa shape index (κ2) is 6.11. The lowest BCUT2D eigenvalue weighted by molar-refractivity contribution is -0.385. The van der Waals surface area contributed by atoms with Crippen LogP contribution in [0.15, 0.2) is 30.6 Å². The quantitative estimate of drug-likeness (QED) is 0.688. The van der Waals surface area contributed by atoms with E-state index < -0.39 is 16.9 Å². The van der Waals surface area contributed by atoms with Crippen LogP contribution < -0.4 is 5.32 Å². The van der Waals surface area contributed by atoms with E-state index in [4.69, 9.17) is 23.2 Å². The molecule has 110 valence electrons. The summed E-state index contributed by atoms with van der Waals surface area (Å²) in [6.07, 6.45) is 2.26. The Balaban J connectivity index is 2.15. The smallest absolute Gasteiger partial charge is 0.307 e. The van der Waals surface area contributed by atoms with Crippen molar-refractivity contribution in [3.05, 3.63) is 50.8 Å². The van der Waals surface area contributed by atoms with Gasteiger partial charge in [-0.15, -0.1) is 0 Å². The zero-order chi connectivity index (χ0) is 15.6. The highest BCUT2D eigenvalue weighted by Crippen LogP contribution is 2.30. The lowest BCUT2D eigenvalue weighted by atomic mass is 10.2. The van der Waals surface area contributed by atoms with Crippen molar-refractivity contribution in [3.63, 3.8) is 0 Å². The summed E-state index contributed by atoms with van der Waals surface area (Å²) >= 11 is 11.8. The van der Waals surface area contributed by atoms with Crippen molar-refractivity contribution in [1.82, 2.24) is 9.78 Å². The molecule has 2 rings (SSSR count). The van der Waals surface area contributed by atoms with E-state index in [0.717, 1.165) is 6.20 Å². The Morgan fingerprint density at radius 1 is 1.48 bits per heavy atom. The molecule has 0 radical (unpaired) electrons. The average Bonchev–Trinajstić information content (AvgIpc) is 2.93. The van der Waals surface area contributed by atoms with Crippen molar-refractivity contribution in [2.75, 3.05) is 5.32 Å². The van der Waals surface area contributed by atoms with Crippen molar-refractivity contribution in [2.24, 2.45) is 0 Å². The molecular weight excluding hydrogens is 319 g/mol. The Bertz CT molecular complexity index is 702. The molecule has 1 atom stereocenters. The number of nitrogens with one attached hydrogen (secondary N) is 1. The molecule has 0 aliphatic carbocycles. The number of nitro groups is 1. The Morgan fingerprint density at radius 3 is 2.81 bits per heavy atom. The predicted molar refractivity (Wildman–Crippen MR) is 78.7 cm³/mol. The van der Waals surface area contributed by atoms with Gasteiger partial charge in [0.05, 0.1) is 20.7 Å². The molecule has 1 amide bonds. The number of rotatable bonds is 4. The van der Waals surface area contributed by atoms with Crippen LogP contribution >= 0.6 is 23.2 Å². The van der Waals surface area contributed by atoms with Crippen LogP contribution in [0.25, 0.3) is 0 Å². The molecule has 0 saturated carbocycles. The van der Waals surface area contributed by atoms with Gasteiger partial charge < -0.3 is 5.32 Å². The van der Waals surface area contributed by atoms with E-state index in [2.05, 4.69) is 10.4 Å². The van der Waals surface area contributed by atoms with E-state index in [1.54, 1.807) is 25.1 Å². The van der Waals surface area contributed by atoms with Gasteiger partial charge in [-0.1, -0.05) is 29.3 Å². The van der Waals surface area contributed by atoms with Gasteiger partial charge in [0.15, 0.2) is 0 Å². The maximum Gasteiger partial charge on any atom is 0.307 e. The van der Waals surface area contributed by atoms with Crippen LogP contribution in [-0.4, -0.2) is 20.6 Å². The maximum absolute atomic E-state index is 12.1. The molecule has 0 aliphatic heterocycles. The number of amides is 1. The number of carbonyl (C=O) groups excluding carboxylic acids is 1. The molecule has 0 fully saturated rings. The first-order valence-corrected chi connectivity index (χ1v) is 6.59. The minimum atomic E-state index is -0.742. The van der Waals surface area contributed by atoms with Gasteiger partial charge in [0.1, 0.15) is 18.4 Å². The van der Waals surface area contributed by atoms with Crippen LogP contribution in [0.1, 0.15) is 13.0 Å². The fourth-order valence-corrected chi connectivity index (χ4v) is 1.94. The van der Waals surface area contributed by atoms with E-state index in [1.165, 1.54) is 10.9 Å². The molecule has 2 aromatic rings. The van der Waals surface area contributed by atoms with Crippen LogP contribution in [-0.2, 0) is 4.79 Å². The first-order chi connectivity index (χ1) is 9.90. The van der Waals surface area contributed by atoms with Gasteiger partial charge >= 0.3 is 5.69 Å². The second-order valence-electron chi connectivity index (χ2n) is 4.20. The number of benzene rings is 1. The van der Waals surface area contributed by atoms with E-state index in [9.17, 15) is 14.9 Å². The molecule has 1 heterocycles. The highest BCUT2D eigenvalue weighted by Gasteiger charge is 2.20. The highest BCUT2D eigenvalue weighted by atomic mass is 35.5. The summed E-state index contributed by atoms with van der Waals surface area (Å²) in [5.74, 6) is -0.419. The van der Waals surface area contributed by atoms with Crippen LogP contribution in [0.2, 0.25) is 10.0 Å². The molecule has 0 bridgehead atoms. The number of carbonyl (C=O) groups is 1. The summed E-state index contributed by atoms with van der Waals surface area (Å²) in [6, 6.07) is 4.10. The molecule has 0 unspecified atom stereocenters. The summed E-state index contributed by atoms with van der Waals surface area (Å²) in [4.78, 5) is 22.1. The molecule has 0 spiro atoms. The van der Waals surface area contributed by atoms with Gasteiger partial charge in [0.25, 0.3) is 0 Å². The fraction of sp³-hybridized carbons (Fsp3) is 0.167. The molecule has 1 aromatic heterocycles. The number of hydrogen-bond donors (Lipinski definition) is 1. The van der Waals surface area contributed by atoms with E-state index >= 15 is 0 Å². The third kappa shape index (κ3) is 3.32. The third-order valence-electron chi connectivity index (χ3n) is 2.78. The Kier molecular flexibility index (Phi) is 4.44. The Hall–Kier alpha value is -2.12. The van der Waals surface area contributed by atoms with Gasteiger partial charge in [0.2, 0.25) is 5.91 Å². The highest BCUT2D eigenvalue weighted by molar-refractivity contribution is 6.44. The molecule has 0 aliphatic rings. The van der Waals surface area contributed by atoms with Crippen molar-refractivity contribution in [1.29, 1.82) is 0 Å². The van der Waals surface area contributed by atoms with Crippen molar-refractivity contribution in [3.8, 4) is 0 Å². The average molecular weight is 329 g/mol. The molecule has 7 nitrogen and oxygen atoms in total. The monoisotopic (exact) mass is 328 g/mol. The standard InChI is InChI=1S/C12H10Cl2N4O3/c1-7(17-6-8(5-15-17)18(20)21)12(19)16-10-4-2-3-9(13)11(10)14/h2-7H,1H3,(H,16,19)/t7-/m0/s1. The van der Waals surface area contributed by atoms with Crippen molar-refractivity contribution < 1.29 is 9.72 Å². The van der Waals surface area contributed by atoms with Crippen LogP contribution in [0.5, 0.6) is 0 Å². The summed E-state index contributed by atoms with van der Waals surface area (Å²) in [5, 5.41) is 17.5. The topological polar surface area (TPSA) is 90.1 Å². The molecule has 21 heavy (non-hydrogen) atoms. The minimum absolute atomic E-state index is 0.185. The SMILES string of the molecule is C[C@@H](C(=O)Nc1cccc(Cl)c1Cl)n1cc([N+](=O)[O-])cn1. The van der Waals surface area contributed by atoms with Gasteiger partial charge in [0, 0.05) is 0 Å². The van der Waals surface area contributed by atoms with E-state index in [0.29, 0.717) is 10.7 Å². The third-order valence-corrected chi connectivity index (χ3v) is 3.60. The second-order valence-corrected chi connectivity index (χ2v) is 4.99. The number of nitrogens with zero attached hydrogens (tertiary/aromatic N) is 3. The van der Waals surface area contributed by atoms with E-state index in [1.807, 2.05) is 0 Å². The van der Waals surface area contributed by atoms with Gasteiger partial charge in [-0.05, 0) is 19.1 Å². The summed E-state index contributed by atoms with van der Waals surface area (Å²) in [6.45, 7) is 1.56. The Morgan fingerprint density at radius 2 is 2.19 bits per heavy atom. The normalized spacial score (nSPS) is 12.0. The number of hydrogen-bond acceptors (Lipinski definition) is 4.